The van der Waals surface area contributed by atoms with Gasteiger partial charge in [-0.1, -0.05) is 24.3 Å². The topological polar surface area (TPSA) is 48.9 Å². The van der Waals surface area contributed by atoms with Crippen LogP contribution in [0, 0.1) is 5.92 Å². The van der Waals surface area contributed by atoms with Crippen LogP contribution in [-0.2, 0) is 4.74 Å². The van der Waals surface area contributed by atoms with Crippen LogP contribution < -0.4 is 0 Å². The minimum atomic E-state index is -0.165. The number of hydrogen-bond acceptors (Lipinski definition) is 5. The molecule has 3 aliphatic heterocycles. The molecule has 0 aliphatic carbocycles. The molecule has 2 unspecified atom stereocenters. The molecule has 3 aliphatic rings. The summed E-state index contributed by atoms with van der Waals surface area (Å²) in [4.78, 5) is 24.8. The Morgan fingerprint density at radius 2 is 1.97 bits per heavy atom. The monoisotopic (exact) mass is 408 g/mol. The second kappa shape index (κ2) is 8.25. The molecule has 1 aromatic carbocycles. The van der Waals surface area contributed by atoms with Gasteiger partial charge in [0.2, 0.25) is 0 Å². The Bertz CT molecular complexity index is 911. The molecule has 5 rings (SSSR count). The number of amides is 1. The fourth-order valence-electron chi connectivity index (χ4n) is 5.35. The molecule has 1 aromatic heterocycles. The van der Waals surface area contributed by atoms with Gasteiger partial charge in [0, 0.05) is 44.7 Å². The number of likely N-dealkylation sites (N-methyl/N-ethyl adjacent to an activating group) is 1. The van der Waals surface area contributed by atoms with E-state index >= 15 is 0 Å². The normalized spacial score (nSPS) is 28.4. The van der Waals surface area contributed by atoms with Gasteiger partial charge in [-0.05, 0) is 44.4 Å². The summed E-state index contributed by atoms with van der Waals surface area (Å²) in [5, 5.41) is 1.06. The Hall–Kier alpha value is -2.02. The molecule has 1 amide bonds. The predicted octanol–water partition coefficient (Wildman–Crippen LogP) is 2.49. The Balaban J connectivity index is 1.23. The van der Waals surface area contributed by atoms with E-state index in [1.807, 2.05) is 41.3 Å². The first-order valence-corrected chi connectivity index (χ1v) is 11.3. The standard InChI is InChI=1S/C24H32N4O2/c1-26-11-13-27(14-12-26)16-19-15-24(30-17-19)9-4-10-28(18-24)23(29)22-8-7-20-5-2-3-6-21(20)25-22/h2-3,5-8,19H,4,9-18H2,1H3. The van der Waals surface area contributed by atoms with Crippen LogP contribution >= 0.6 is 0 Å². The number of para-hydroxylation sites is 1. The number of ether oxygens (including phenoxy) is 1. The molecule has 160 valence electrons. The number of rotatable bonds is 3. The molecule has 1 spiro atoms. The molecular weight excluding hydrogens is 376 g/mol. The van der Waals surface area contributed by atoms with Crippen LogP contribution in [0.3, 0.4) is 0 Å². The fraction of sp³-hybridized carbons (Fsp3) is 0.583. The van der Waals surface area contributed by atoms with E-state index in [9.17, 15) is 4.79 Å². The third kappa shape index (κ3) is 4.09. The lowest BCUT2D eigenvalue weighted by atomic mass is 9.86. The van der Waals surface area contributed by atoms with Crippen LogP contribution in [-0.4, -0.2) is 90.7 Å². The van der Waals surface area contributed by atoms with Crippen molar-refractivity contribution < 1.29 is 9.53 Å². The average molecular weight is 409 g/mol. The maximum atomic E-state index is 13.2. The summed E-state index contributed by atoms with van der Waals surface area (Å²) in [6.45, 7) is 8.04. The van der Waals surface area contributed by atoms with E-state index < -0.39 is 0 Å². The van der Waals surface area contributed by atoms with Crippen molar-refractivity contribution in [3.8, 4) is 0 Å². The number of benzene rings is 1. The van der Waals surface area contributed by atoms with Gasteiger partial charge < -0.3 is 19.4 Å². The summed E-state index contributed by atoms with van der Waals surface area (Å²) in [5.41, 5.74) is 1.25. The van der Waals surface area contributed by atoms with Crippen molar-refractivity contribution in [2.24, 2.45) is 5.92 Å². The van der Waals surface area contributed by atoms with Gasteiger partial charge in [-0.25, -0.2) is 4.98 Å². The zero-order valence-electron chi connectivity index (χ0n) is 17.9. The zero-order chi connectivity index (χ0) is 20.6. The van der Waals surface area contributed by atoms with E-state index in [1.54, 1.807) is 0 Å². The highest BCUT2D eigenvalue weighted by Gasteiger charge is 2.45. The first-order chi connectivity index (χ1) is 14.6. The first-order valence-electron chi connectivity index (χ1n) is 11.3. The van der Waals surface area contributed by atoms with E-state index in [0.717, 1.165) is 76.0 Å². The highest BCUT2D eigenvalue weighted by atomic mass is 16.5. The average Bonchev–Trinajstić information content (AvgIpc) is 3.15. The summed E-state index contributed by atoms with van der Waals surface area (Å²) >= 11 is 0. The Morgan fingerprint density at radius 3 is 2.83 bits per heavy atom. The summed E-state index contributed by atoms with van der Waals surface area (Å²) in [6, 6.07) is 11.8. The van der Waals surface area contributed by atoms with E-state index in [1.165, 1.54) is 0 Å². The smallest absolute Gasteiger partial charge is 0.272 e. The van der Waals surface area contributed by atoms with E-state index in [2.05, 4.69) is 21.8 Å². The lowest BCUT2D eigenvalue weighted by molar-refractivity contribution is -0.0451. The van der Waals surface area contributed by atoms with Crippen molar-refractivity contribution in [1.29, 1.82) is 0 Å². The number of fused-ring (bicyclic) bond motifs is 1. The largest absolute Gasteiger partial charge is 0.373 e. The number of piperazine rings is 1. The van der Waals surface area contributed by atoms with Gasteiger partial charge in [0.05, 0.1) is 24.3 Å². The summed E-state index contributed by atoms with van der Waals surface area (Å²) < 4.78 is 6.39. The van der Waals surface area contributed by atoms with Gasteiger partial charge >= 0.3 is 0 Å². The molecule has 4 heterocycles. The van der Waals surface area contributed by atoms with Gasteiger partial charge in [0.1, 0.15) is 5.69 Å². The van der Waals surface area contributed by atoms with Crippen LogP contribution in [0.15, 0.2) is 36.4 Å². The van der Waals surface area contributed by atoms with Crippen LogP contribution in [0.25, 0.3) is 10.9 Å². The van der Waals surface area contributed by atoms with Crippen molar-refractivity contribution in [2.75, 3.05) is 59.5 Å². The molecule has 2 atom stereocenters. The molecule has 0 bridgehead atoms. The highest BCUT2D eigenvalue weighted by Crippen LogP contribution is 2.38. The molecule has 3 saturated heterocycles. The van der Waals surface area contributed by atoms with E-state index in [0.29, 0.717) is 18.2 Å². The summed E-state index contributed by atoms with van der Waals surface area (Å²) in [7, 11) is 2.20. The number of carbonyl (C=O) groups excluding carboxylic acids is 1. The predicted molar refractivity (Wildman–Crippen MR) is 118 cm³/mol. The minimum absolute atomic E-state index is 0.0333. The van der Waals surface area contributed by atoms with Gasteiger partial charge in [0.15, 0.2) is 0 Å². The van der Waals surface area contributed by atoms with Gasteiger partial charge in [-0.2, -0.15) is 0 Å². The lowest BCUT2D eigenvalue weighted by Crippen LogP contribution is -2.50. The lowest BCUT2D eigenvalue weighted by Gasteiger charge is -2.40. The van der Waals surface area contributed by atoms with Crippen LogP contribution in [0.2, 0.25) is 0 Å². The third-order valence-electron chi connectivity index (χ3n) is 7.04. The number of pyridine rings is 1. The number of piperidine rings is 1. The second-order valence-electron chi connectivity index (χ2n) is 9.39. The number of nitrogens with zero attached hydrogens (tertiary/aromatic N) is 4. The molecule has 30 heavy (non-hydrogen) atoms. The molecule has 2 aromatic rings. The first kappa shape index (κ1) is 19.9. The van der Waals surface area contributed by atoms with Gasteiger partial charge in [0.25, 0.3) is 5.91 Å². The van der Waals surface area contributed by atoms with Crippen molar-refractivity contribution in [2.45, 2.75) is 24.9 Å². The second-order valence-corrected chi connectivity index (χ2v) is 9.39. The van der Waals surface area contributed by atoms with Crippen molar-refractivity contribution in [3.63, 3.8) is 0 Å². The van der Waals surface area contributed by atoms with Crippen molar-refractivity contribution in [3.05, 3.63) is 42.1 Å². The number of aromatic nitrogens is 1. The highest BCUT2D eigenvalue weighted by molar-refractivity contribution is 5.95. The summed E-state index contributed by atoms with van der Waals surface area (Å²) in [5.74, 6) is 0.605. The molecule has 0 radical (unpaired) electrons. The van der Waals surface area contributed by atoms with Gasteiger partial charge in [-0.3, -0.25) is 4.79 Å². The molecule has 6 heteroatoms. The van der Waals surface area contributed by atoms with E-state index in [-0.39, 0.29) is 11.5 Å². The number of carbonyl (C=O) groups is 1. The maximum Gasteiger partial charge on any atom is 0.272 e. The van der Waals surface area contributed by atoms with Crippen LogP contribution in [0.1, 0.15) is 29.8 Å². The SMILES string of the molecule is CN1CCN(CC2COC3(CCCN(C(=O)c4ccc5ccccc5n4)C3)C2)CC1. The van der Waals surface area contributed by atoms with Crippen molar-refractivity contribution >= 4 is 16.8 Å². The number of hydrogen-bond donors (Lipinski definition) is 0. The van der Waals surface area contributed by atoms with Crippen LogP contribution in [0.4, 0.5) is 0 Å². The Labute approximate surface area is 178 Å². The number of likely N-dealkylation sites (tertiary alicyclic amines) is 1. The molecular formula is C24H32N4O2. The summed E-state index contributed by atoms with van der Waals surface area (Å²) in [6.07, 6.45) is 3.12. The van der Waals surface area contributed by atoms with Crippen molar-refractivity contribution in [1.82, 2.24) is 19.7 Å². The Kier molecular flexibility index (Phi) is 5.48. The maximum absolute atomic E-state index is 13.2. The third-order valence-corrected chi connectivity index (χ3v) is 7.04. The van der Waals surface area contributed by atoms with Crippen LogP contribution in [0.5, 0.6) is 0 Å². The zero-order valence-corrected chi connectivity index (χ0v) is 17.9. The van der Waals surface area contributed by atoms with Gasteiger partial charge in [-0.15, -0.1) is 0 Å². The molecule has 3 fully saturated rings. The molecule has 0 saturated carbocycles. The fourth-order valence-corrected chi connectivity index (χ4v) is 5.35. The quantitative estimate of drug-likeness (QED) is 0.781. The molecule has 0 N–H and O–H groups in total. The minimum Gasteiger partial charge on any atom is -0.373 e. The molecule has 6 nitrogen and oxygen atoms in total. The van der Waals surface area contributed by atoms with E-state index in [4.69, 9.17) is 4.74 Å². The Morgan fingerprint density at radius 1 is 1.13 bits per heavy atom.